The van der Waals surface area contributed by atoms with E-state index in [1.54, 1.807) is 0 Å². The van der Waals surface area contributed by atoms with E-state index >= 15 is 0 Å². The number of carbonyl (C=O) groups excluding carboxylic acids is 1. The Morgan fingerprint density at radius 1 is 1.20 bits per heavy atom. The average Bonchev–Trinajstić information content (AvgIpc) is 3.36. The second kappa shape index (κ2) is 8.02. The summed E-state index contributed by atoms with van der Waals surface area (Å²) in [5.74, 6) is 0.485. The topological polar surface area (TPSA) is 59.0 Å². The molecule has 6 heteroatoms. The summed E-state index contributed by atoms with van der Waals surface area (Å²) in [5, 5.41) is 11.1. The van der Waals surface area contributed by atoms with E-state index in [4.69, 9.17) is 0 Å². The van der Waals surface area contributed by atoms with E-state index in [1.807, 2.05) is 35.1 Å². The van der Waals surface area contributed by atoms with Crippen LogP contribution in [0.15, 0.2) is 42.6 Å². The van der Waals surface area contributed by atoms with Crippen LogP contribution in [0.4, 0.5) is 0 Å². The molecule has 2 unspecified atom stereocenters. The zero-order valence-electron chi connectivity index (χ0n) is 14.2. The van der Waals surface area contributed by atoms with E-state index in [9.17, 15) is 4.79 Å². The molecular formula is C19H25ClN4O. The summed E-state index contributed by atoms with van der Waals surface area (Å²) in [4.78, 5) is 12.7. The Morgan fingerprint density at radius 3 is 2.68 bits per heavy atom. The van der Waals surface area contributed by atoms with Crippen LogP contribution in [0, 0.1) is 5.92 Å². The molecule has 1 aromatic heterocycles. The summed E-state index contributed by atoms with van der Waals surface area (Å²) in [7, 11) is 0. The van der Waals surface area contributed by atoms with Crippen molar-refractivity contribution in [3.63, 3.8) is 0 Å². The van der Waals surface area contributed by atoms with Gasteiger partial charge in [-0.1, -0.05) is 30.3 Å². The van der Waals surface area contributed by atoms with Gasteiger partial charge >= 0.3 is 0 Å². The van der Waals surface area contributed by atoms with Gasteiger partial charge in [0.05, 0.1) is 12.1 Å². The molecule has 2 N–H and O–H groups in total. The van der Waals surface area contributed by atoms with Crippen molar-refractivity contribution in [2.45, 2.75) is 37.8 Å². The normalized spacial score (nSPS) is 21.2. The Hall–Kier alpha value is -1.85. The maximum absolute atomic E-state index is 12.7. The van der Waals surface area contributed by atoms with E-state index in [1.165, 1.54) is 18.4 Å². The summed E-state index contributed by atoms with van der Waals surface area (Å²) < 4.78 is 1.94. The first-order valence-corrected chi connectivity index (χ1v) is 8.93. The first-order chi connectivity index (χ1) is 11.8. The lowest BCUT2D eigenvalue weighted by molar-refractivity contribution is 0.0925. The molecule has 1 aliphatic carbocycles. The third-order valence-electron chi connectivity index (χ3n) is 5.02. The fourth-order valence-electron chi connectivity index (χ4n) is 3.50. The van der Waals surface area contributed by atoms with Gasteiger partial charge in [0.1, 0.15) is 5.69 Å². The number of hydrogen-bond donors (Lipinski definition) is 2. The van der Waals surface area contributed by atoms with E-state index in [-0.39, 0.29) is 24.4 Å². The molecule has 1 saturated heterocycles. The number of aromatic nitrogens is 2. The Bertz CT molecular complexity index is 692. The Morgan fingerprint density at radius 2 is 2.00 bits per heavy atom. The Kier molecular flexibility index (Phi) is 5.76. The molecule has 0 spiro atoms. The predicted octanol–water partition coefficient (Wildman–Crippen LogP) is 3.11. The van der Waals surface area contributed by atoms with E-state index in [0.717, 1.165) is 25.9 Å². The molecule has 2 aromatic rings. The highest BCUT2D eigenvalue weighted by molar-refractivity contribution is 5.92. The van der Waals surface area contributed by atoms with Crippen molar-refractivity contribution in [1.29, 1.82) is 0 Å². The molecule has 0 bridgehead atoms. The highest BCUT2D eigenvalue weighted by Gasteiger charge is 2.33. The lowest BCUT2D eigenvalue weighted by Crippen LogP contribution is -2.33. The number of benzene rings is 1. The van der Waals surface area contributed by atoms with Crippen LogP contribution in [0.3, 0.4) is 0 Å². The van der Waals surface area contributed by atoms with Crippen LogP contribution < -0.4 is 10.6 Å². The van der Waals surface area contributed by atoms with Gasteiger partial charge < -0.3 is 10.6 Å². The second-order valence-corrected chi connectivity index (χ2v) is 6.88. The first kappa shape index (κ1) is 18.0. The molecule has 1 amide bonds. The number of nitrogens with zero attached hydrogens (tertiary/aromatic N) is 2. The summed E-state index contributed by atoms with van der Waals surface area (Å²) in [6.45, 7) is 2.00. The SMILES string of the molecule is Cl.O=C(NC(c1ccccc1)C1CC1)c1ccn(C2CCCNC2)n1. The van der Waals surface area contributed by atoms with Crippen molar-refractivity contribution in [2.24, 2.45) is 5.92 Å². The van der Waals surface area contributed by atoms with Gasteiger partial charge in [0.15, 0.2) is 0 Å². The summed E-state index contributed by atoms with van der Waals surface area (Å²) in [5.41, 5.74) is 1.70. The molecule has 0 radical (unpaired) electrons. The van der Waals surface area contributed by atoms with Crippen molar-refractivity contribution in [3.05, 3.63) is 53.9 Å². The largest absolute Gasteiger partial charge is 0.344 e. The van der Waals surface area contributed by atoms with Gasteiger partial charge in [0.2, 0.25) is 0 Å². The maximum Gasteiger partial charge on any atom is 0.272 e. The molecule has 1 aliphatic heterocycles. The zero-order chi connectivity index (χ0) is 16.4. The fraction of sp³-hybridized carbons (Fsp3) is 0.474. The molecule has 1 aromatic carbocycles. The summed E-state index contributed by atoms with van der Waals surface area (Å²) in [6.07, 6.45) is 6.57. The zero-order valence-corrected chi connectivity index (χ0v) is 15.0. The summed E-state index contributed by atoms with van der Waals surface area (Å²) >= 11 is 0. The summed E-state index contributed by atoms with van der Waals surface area (Å²) in [6, 6.07) is 12.5. The quantitative estimate of drug-likeness (QED) is 0.861. The molecule has 25 heavy (non-hydrogen) atoms. The molecule has 5 nitrogen and oxygen atoms in total. The third kappa shape index (κ3) is 4.22. The number of nitrogens with one attached hydrogen (secondary N) is 2. The van der Waals surface area contributed by atoms with Gasteiger partial charge in [-0.3, -0.25) is 9.48 Å². The lowest BCUT2D eigenvalue weighted by Gasteiger charge is -2.23. The minimum atomic E-state index is -0.0710. The maximum atomic E-state index is 12.7. The van der Waals surface area contributed by atoms with Crippen LogP contribution in [0.2, 0.25) is 0 Å². The van der Waals surface area contributed by atoms with Crippen LogP contribution >= 0.6 is 12.4 Å². The van der Waals surface area contributed by atoms with Gasteiger partial charge in [0, 0.05) is 12.7 Å². The highest BCUT2D eigenvalue weighted by atomic mass is 35.5. The van der Waals surface area contributed by atoms with Crippen molar-refractivity contribution in [2.75, 3.05) is 13.1 Å². The molecule has 1 saturated carbocycles. The fourth-order valence-corrected chi connectivity index (χ4v) is 3.50. The Labute approximate surface area is 154 Å². The number of piperidine rings is 1. The molecule has 4 rings (SSSR count). The van der Waals surface area contributed by atoms with Crippen LogP contribution in [0.5, 0.6) is 0 Å². The highest BCUT2D eigenvalue weighted by Crippen LogP contribution is 2.41. The molecule has 134 valence electrons. The van der Waals surface area contributed by atoms with Crippen molar-refractivity contribution in [1.82, 2.24) is 20.4 Å². The first-order valence-electron chi connectivity index (χ1n) is 8.93. The Balaban J connectivity index is 0.00000182. The van der Waals surface area contributed by atoms with Crippen LogP contribution in [0.1, 0.15) is 53.8 Å². The van der Waals surface area contributed by atoms with Gasteiger partial charge in [0.25, 0.3) is 5.91 Å². The standard InChI is InChI=1S/C19H24N4O.ClH/c24-19(17-10-12-23(22-17)16-7-4-11-20-13-16)21-18(15-8-9-15)14-5-2-1-3-6-14;/h1-3,5-6,10,12,15-16,18,20H,4,7-9,11,13H2,(H,21,24);1H. The third-order valence-corrected chi connectivity index (χ3v) is 5.02. The van der Waals surface area contributed by atoms with E-state index in [2.05, 4.69) is 27.9 Å². The second-order valence-electron chi connectivity index (χ2n) is 6.88. The van der Waals surface area contributed by atoms with Gasteiger partial charge in [-0.05, 0) is 49.8 Å². The number of rotatable bonds is 5. The van der Waals surface area contributed by atoms with Crippen molar-refractivity contribution in [3.8, 4) is 0 Å². The smallest absolute Gasteiger partial charge is 0.272 e. The molecule has 2 aliphatic rings. The van der Waals surface area contributed by atoms with Crippen molar-refractivity contribution >= 4 is 18.3 Å². The average molecular weight is 361 g/mol. The number of halogens is 1. The van der Waals surface area contributed by atoms with Gasteiger partial charge in [-0.15, -0.1) is 12.4 Å². The molecule has 2 heterocycles. The van der Waals surface area contributed by atoms with E-state index < -0.39 is 0 Å². The van der Waals surface area contributed by atoms with Crippen LogP contribution in [-0.2, 0) is 0 Å². The number of amides is 1. The minimum absolute atomic E-state index is 0. The van der Waals surface area contributed by atoms with Crippen LogP contribution in [0.25, 0.3) is 0 Å². The monoisotopic (exact) mass is 360 g/mol. The van der Waals surface area contributed by atoms with Gasteiger partial charge in [-0.25, -0.2) is 0 Å². The minimum Gasteiger partial charge on any atom is -0.344 e. The molecule has 2 atom stereocenters. The number of carbonyl (C=O) groups is 1. The molecular weight excluding hydrogens is 336 g/mol. The van der Waals surface area contributed by atoms with Crippen molar-refractivity contribution < 1.29 is 4.79 Å². The predicted molar refractivity (Wildman–Crippen MR) is 100.0 cm³/mol. The van der Waals surface area contributed by atoms with E-state index in [0.29, 0.717) is 17.7 Å². The number of hydrogen-bond acceptors (Lipinski definition) is 3. The van der Waals surface area contributed by atoms with Crippen LogP contribution in [-0.4, -0.2) is 28.8 Å². The molecule has 2 fully saturated rings. The lowest BCUT2D eigenvalue weighted by atomic mass is 10.0. The van der Waals surface area contributed by atoms with Gasteiger partial charge in [-0.2, -0.15) is 5.10 Å².